The summed E-state index contributed by atoms with van der Waals surface area (Å²) in [5.41, 5.74) is 6.49. The van der Waals surface area contributed by atoms with Crippen molar-refractivity contribution >= 4 is 34.8 Å². The van der Waals surface area contributed by atoms with Gasteiger partial charge in [-0.3, -0.25) is 0 Å². The number of thiocarbonyl (C=S) groups is 1. The molecule has 1 aliphatic heterocycles. The van der Waals surface area contributed by atoms with Gasteiger partial charge in [-0.25, -0.2) is 0 Å². The zero-order chi connectivity index (χ0) is 11.5. The second-order valence-corrected chi connectivity index (χ2v) is 5.35. The topological polar surface area (TPSA) is 55.0 Å². The second kappa shape index (κ2) is 4.97. The molecule has 0 spiro atoms. The lowest BCUT2D eigenvalue weighted by atomic mass is 10.2. The van der Waals surface area contributed by atoms with E-state index in [0.29, 0.717) is 11.0 Å². The van der Waals surface area contributed by atoms with Crippen LogP contribution < -0.4 is 10.6 Å². The standard InChI is InChI=1S/C10H14N4S2/c1-14(7-3-5-16-6-7)10-8(9(11)15)2-4-12-13-10/h2,4,7H,3,5-6H2,1H3,(H2,11,15). The summed E-state index contributed by atoms with van der Waals surface area (Å²) in [5, 5.41) is 8.05. The van der Waals surface area contributed by atoms with Crippen LogP contribution >= 0.6 is 24.0 Å². The monoisotopic (exact) mass is 254 g/mol. The molecule has 86 valence electrons. The van der Waals surface area contributed by atoms with Crippen LogP contribution in [-0.2, 0) is 0 Å². The number of anilines is 1. The van der Waals surface area contributed by atoms with E-state index in [1.165, 1.54) is 12.2 Å². The zero-order valence-electron chi connectivity index (χ0n) is 9.09. The maximum Gasteiger partial charge on any atom is 0.161 e. The van der Waals surface area contributed by atoms with E-state index in [1.807, 2.05) is 24.9 Å². The molecule has 0 aliphatic carbocycles. The van der Waals surface area contributed by atoms with Gasteiger partial charge in [0.25, 0.3) is 0 Å². The Hall–Kier alpha value is -0.880. The zero-order valence-corrected chi connectivity index (χ0v) is 10.7. The lowest BCUT2D eigenvalue weighted by molar-refractivity contribution is 0.685. The first-order chi connectivity index (χ1) is 7.70. The van der Waals surface area contributed by atoms with Crippen molar-refractivity contribution in [2.45, 2.75) is 12.5 Å². The van der Waals surface area contributed by atoms with Crippen molar-refractivity contribution in [2.75, 3.05) is 23.5 Å². The largest absolute Gasteiger partial charge is 0.389 e. The molecular weight excluding hydrogens is 240 g/mol. The minimum absolute atomic E-state index is 0.377. The van der Waals surface area contributed by atoms with Crippen molar-refractivity contribution in [3.8, 4) is 0 Å². The van der Waals surface area contributed by atoms with Gasteiger partial charge in [0, 0.05) is 18.8 Å². The molecule has 0 aromatic carbocycles. The molecule has 1 atom stereocenters. The van der Waals surface area contributed by atoms with Crippen molar-refractivity contribution in [2.24, 2.45) is 5.73 Å². The van der Waals surface area contributed by atoms with E-state index in [1.54, 1.807) is 6.20 Å². The molecule has 1 unspecified atom stereocenters. The molecule has 2 heterocycles. The summed E-state index contributed by atoms with van der Waals surface area (Å²) < 4.78 is 0. The highest BCUT2D eigenvalue weighted by atomic mass is 32.2. The summed E-state index contributed by atoms with van der Waals surface area (Å²) in [4.78, 5) is 2.52. The Morgan fingerprint density at radius 2 is 2.50 bits per heavy atom. The quantitative estimate of drug-likeness (QED) is 0.814. The van der Waals surface area contributed by atoms with Crippen LogP contribution in [0.3, 0.4) is 0 Å². The van der Waals surface area contributed by atoms with Gasteiger partial charge in [0.05, 0.1) is 11.8 Å². The van der Waals surface area contributed by atoms with Gasteiger partial charge in [-0.15, -0.1) is 5.10 Å². The molecule has 1 aromatic rings. The highest BCUT2D eigenvalue weighted by molar-refractivity contribution is 7.99. The summed E-state index contributed by atoms with van der Waals surface area (Å²) in [6.45, 7) is 0. The fourth-order valence-electron chi connectivity index (χ4n) is 1.78. The van der Waals surface area contributed by atoms with Crippen molar-refractivity contribution in [1.82, 2.24) is 10.2 Å². The van der Waals surface area contributed by atoms with E-state index in [0.717, 1.165) is 17.1 Å². The van der Waals surface area contributed by atoms with E-state index in [-0.39, 0.29) is 0 Å². The molecule has 0 radical (unpaired) electrons. The van der Waals surface area contributed by atoms with Crippen LogP contribution in [0.15, 0.2) is 12.3 Å². The molecule has 16 heavy (non-hydrogen) atoms. The number of thioether (sulfide) groups is 1. The van der Waals surface area contributed by atoms with Gasteiger partial charge in [0.2, 0.25) is 0 Å². The Bertz CT molecular complexity index is 390. The van der Waals surface area contributed by atoms with Crippen molar-refractivity contribution in [1.29, 1.82) is 0 Å². The first-order valence-electron chi connectivity index (χ1n) is 5.12. The van der Waals surface area contributed by atoms with Gasteiger partial charge in [0.1, 0.15) is 4.99 Å². The number of rotatable bonds is 3. The first-order valence-corrected chi connectivity index (χ1v) is 6.68. The smallest absolute Gasteiger partial charge is 0.161 e. The van der Waals surface area contributed by atoms with Gasteiger partial charge < -0.3 is 10.6 Å². The van der Waals surface area contributed by atoms with Crippen LogP contribution in [0.4, 0.5) is 5.82 Å². The second-order valence-electron chi connectivity index (χ2n) is 3.76. The summed E-state index contributed by atoms with van der Waals surface area (Å²) in [6.07, 6.45) is 2.80. The average molecular weight is 254 g/mol. The lowest BCUT2D eigenvalue weighted by Gasteiger charge is -2.25. The molecule has 6 heteroatoms. The summed E-state index contributed by atoms with van der Waals surface area (Å²) in [6, 6.07) is 2.33. The maximum atomic E-state index is 5.68. The lowest BCUT2D eigenvalue weighted by Crippen LogP contribution is -2.34. The van der Waals surface area contributed by atoms with Gasteiger partial charge in [-0.1, -0.05) is 12.2 Å². The molecule has 1 saturated heterocycles. The fraction of sp³-hybridized carbons (Fsp3) is 0.500. The minimum atomic E-state index is 0.377. The van der Waals surface area contributed by atoms with Crippen molar-refractivity contribution < 1.29 is 0 Å². The third-order valence-corrected chi connectivity index (χ3v) is 4.12. The molecule has 4 nitrogen and oxygen atoms in total. The maximum absolute atomic E-state index is 5.68. The molecule has 1 aliphatic rings. The van der Waals surface area contributed by atoms with Gasteiger partial charge >= 0.3 is 0 Å². The van der Waals surface area contributed by atoms with Crippen LogP contribution in [0.25, 0.3) is 0 Å². The molecule has 0 saturated carbocycles. The number of hydrogen-bond acceptors (Lipinski definition) is 5. The number of nitrogens with zero attached hydrogens (tertiary/aromatic N) is 3. The SMILES string of the molecule is CN(c1nnccc1C(N)=S)C1CCSC1. The predicted molar refractivity (Wildman–Crippen MR) is 72.1 cm³/mol. The Balaban J connectivity index is 2.27. The van der Waals surface area contributed by atoms with E-state index < -0.39 is 0 Å². The van der Waals surface area contributed by atoms with Gasteiger partial charge in [-0.05, 0) is 18.2 Å². The normalized spacial score (nSPS) is 19.7. The third-order valence-electron chi connectivity index (χ3n) is 2.75. The number of aromatic nitrogens is 2. The Morgan fingerprint density at radius 3 is 3.12 bits per heavy atom. The van der Waals surface area contributed by atoms with E-state index in [2.05, 4.69) is 15.1 Å². The fourth-order valence-corrected chi connectivity index (χ4v) is 3.20. The summed E-state index contributed by atoms with van der Waals surface area (Å²) in [7, 11) is 2.03. The predicted octanol–water partition coefficient (Wildman–Crippen LogP) is 1.05. The van der Waals surface area contributed by atoms with E-state index in [9.17, 15) is 0 Å². The number of hydrogen-bond donors (Lipinski definition) is 1. The molecule has 1 fully saturated rings. The molecule has 2 N–H and O–H groups in total. The average Bonchev–Trinajstić information content (AvgIpc) is 2.81. The number of nitrogens with two attached hydrogens (primary N) is 1. The molecule has 0 bridgehead atoms. The van der Waals surface area contributed by atoms with Crippen LogP contribution in [0.5, 0.6) is 0 Å². The highest BCUT2D eigenvalue weighted by Crippen LogP contribution is 2.26. The molecule has 0 amide bonds. The van der Waals surface area contributed by atoms with Gasteiger partial charge in [0.15, 0.2) is 5.82 Å². The third kappa shape index (κ3) is 2.27. The van der Waals surface area contributed by atoms with Crippen LogP contribution in [0.2, 0.25) is 0 Å². The van der Waals surface area contributed by atoms with Crippen molar-refractivity contribution in [3.05, 3.63) is 17.8 Å². The minimum Gasteiger partial charge on any atom is -0.389 e. The molecule has 1 aromatic heterocycles. The Kier molecular flexibility index (Phi) is 3.60. The van der Waals surface area contributed by atoms with Crippen LogP contribution in [0, 0.1) is 0 Å². The molecular formula is C10H14N4S2. The summed E-state index contributed by atoms with van der Waals surface area (Å²) in [5.74, 6) is 3.13. The van der Waals surface area contributed by atoms with E-state index >= 15 is 0 Å². The molecule has 2 rings (SSSR count). The Labute approximate surface area is 105 Å². The van der Waals surface area contributed by atoms with Crippen LogP contribution in [-0.4, -0.2) is 39.8 Å². The van der Waals surface area contributed by atoms with Crippen molar-refractivity contribution in [3.63, 3.8) is 0 Å². The van der Waals surface area contributed by atoms with Gasteiger partial charge in [-0.2, -0.15) is 16.9 Å². The first kappa shape index (κ1) is 11.6. The van der Waals surface area contributed by atoms with E-state index in [4.69, 9.17) is 18.0 Å². The van der Waals surface area contributed by atoms with Crippen LogP contribution in [0.1, 0.15) is 12.0 Å². The highest BCUT2D eigenvalue weighted by Gasteiger charge is 2.23. The Morgan fingerprint density at radius 1 is 1.69 bits per heavy atom. The summed E-state index contributed by atoms with van der Waals surface area (Å²) >= 11 is 6.99.